The molecule has 0 atom stereocenters. The molecule has 0 spiro atoms. The van der Waals surface area contributed by atoms with Gasteiger partial charge in [-0.05, 0) is 49.9 Å². The lowest BCUT2D eigenvalue weighted by molar-refractivity contribution is 0.140. The van der Waals surface area contributed by atoms with Gasteiger partial charge in [0.05, 0.1) is 18.8 Å². The van der Waals surface area contributed by atoms with Crippen LogP contribution in [0.3, 0.4) is 0 Å². The van der Waals surface area contributed by atoms with E-state index in [-0.39, 0.29) is 0 Å². The largest absolute Gasteiger partial charge is 0.490 e. The Bertz CT molecular complexity index is 467. The van der Waals surface area contributed by atoms with E-state index < -0.39 is 11.3 Å². The van der Waals surface area contributed by atoms with Gasteiger partial charge in [-0.2, -0.15) is 0 Å². The number of rotatable bonds is 2. The molecular weight excluding hydrogens is 247 g/mol. The number of hydrogen-bond donors (Lipinski definition) is 1. The lowest BCUT2D eigenvalue weighted by atomic mass is 9.90. The highest BCUT2D eigenvalue weighted by molar-refractivity contribution is 5.52. The monoisotopic (exact) mass is 266 g/mol. The van der Waals surface area contributed by atoms with Crippen molar-refractivity contribution in [1.82, 2.24) is 0 Å². The van der Waals surface area contributed by atoms with E-state index >= 15 is 0 Å². The zero-order valence-corrected chi connectivity index (χ0v) is 11.3. The van der Waals surface area contributed by atoms with Crippen LogP contribution in [0.4, 0.5) is 4.39 Å². The highest BCUT2D eigenvalue weighted by atomic mass is 19.1. The molecule has 1 N–H and O–H groups in total. The molecule has 1 heterocycles. The number of benzene rings is 1. The van der Waals surface area contributed by atoms with E-state index in [0.717, 1.165) is 6.42 Å². The Hall–Kier alpha value is -1.29. The fourth-order valence-corrected chi connectivity index (χ4v) is 2.47. The van der Waals surface area contributed by atoms with Gasteiger partial charge >= 0.3 is 0 Å². The molecule has 0 aromatic heterocycles. The van der Waals surface area contributed by atoms with Gasteiger partial charge in [-0.15, -0.1) is 0 Å². The van der Waals surface area contributed by atoms with Crippen molar-refractivity contribution in [3.63, 3.8) is 0 Å². The lowest BCUT2D eigenvalue weighted by Gasteiger charge is -2.24. The predicted molar refractivity (Wildman–Crippen MR) is 69.3 cm³/mol. The molecule has 1 saturated carbocycles. The van der Waals surface area contributed by atoms with Gasteiger partial charge < -0.3 is 14.6 Å². The maximum absolute atomic E-state index is 14.4. The minimum atomic E-state index is -1.52. The number of halogens is 1. The summed E-state index contributed by atoms with van der Waals surface area (Å²) in [5, 5.41) is 10.4. The predicted octanol–water partition coefficient (Wildman–Crippen LogP) is 3.03. The van der Waals surface area contributed by atoms with E-state index in [1.54, 1.807) is 12.1 Å². The number of fused-ring (bicyclic) bond motifs is 1. The highest BCUT2D eigenvalue weighted by Crippen LogP contribution is 2.51. The van der Waals surface area contributed by atoms with Crippen LogP contribution in [0.15, 0.2) is 12.1 Å². The van der Waals surface area contributed by atoms with Gasteiger partial charge in [0, 0.05) is 6.42 Å². The van der Waals surface area contributed by atoms with Gasteiger partial charge in [0.25, 0.3) is 0 Å². The van der Waals surface area contributed by atoms with Crippen LogP contribution in [-0.2, 0) is 11.3 Å². The third-order valence-electron chi connectivity index (χ3n) is 3.75. The molecule has 1 aromatic rings. The first-order valence-corrected chi connectivity index (χ1v) is 6.76. The Morgan fingerprint density at radius 3 is 2.26 bits per heavy atom. The first kappa shape index (κ1) is 12.7. The van der Waals surface area contributed by atoms with Gasteiger partial charge in [-0.25, -0.2) is 4.39 Å². The molecule has 0 amide bonds. The molecule has 104 valence electrons. The molecule has 0 saturated heterocycles. The highest BCUT2D eigenvalue weighted by Gasteiger charge is 2.46. The molecule has 3 rings (SSSR count). The van der Waals surface area contributed by atoms with E-state index in [1.807, 2.05) is 0 Å². The zero-order chi connectivity index (χ0) is 13.7. The molecule has 0 radical (unpaired) electrons. The number of alkyl halides is 1. The Labute approximate surface area is 112 Å². The second kappa shape index (κ2) is 4.10. The molecule has 1 aliphatic carbocycles. The third-order valence-corrected chi connectivity index (χ3v) is 3.75. The van der Waals surface area contributed by atoms with Crippen molar-refractivity contribution < 1.29 is 19.0 Å². The molecule has 19 heavy (non-hydrogen) atoms. The van der Waals surface area contributed by atoms with Crippen LogP contribution < -0.4 is 9.47 Å². The molecule has 2 aliphatic rings. The molecule has 0 bridgehead atoms. The van der Waals surface area contributed by atoms with Gasteiger partial charge in [-0.3, -0.25) is 0 Å². The van der Waals surface area contributed by atoms with E-state index in [2.05, 4.69) is 0 Å². The third kappa shape index (κ3) is 2.29. The topological polar surface area (TPSA) is 38.7 Å². The van der Waals surface area contributed by atoms with Crippen molar-refractivity contribution in [3.05, 3.63) is 23.3 Å². The minimum absolute atomic E-state index is 0.497. The van der Waals surface area contributed by atoms with Crippen LogP contribution in [0.25, 0.3) is 0 Å². The Morgan fingerprint density at radius 1 is 1.16 bits per heavy atom. The van der Waals surface area contributed by atoms with Gasteiger partial charge in [0.15, 0.2) is 11.5 Å². The number of hydrogen-bond acceptors (Lipinski definition) is 3. The summed E-state index contributed by atoms with van der Waals surface area (Å²) in [6.07, 6.45) is 2.16. The van der Waals surface area contributed by atoms with Crippen LogP contribution in [-0.4, -0.2) is 18.3 Å². The van der Waals surface area contributed by atoms with E-state index in [4.69, 9.17) is 9.47 Å². The minimum Gasteiger partial charge on any atom is -0.490 e. The van der Waals surface area contributed by atoms with Crippen molar-refractivity contribution in [2.45, 2.75) is 44.4 Å². The van der Waals surface area contributed by atoms with Crippen LogP contribution in [0.1, 0.15) is 44.2 Å². The first-order valence-electron chi connectivity index (χ1n) is 6.76. The van der Waals surface area contributed by atoms with Gasteiger partial charge in [0.1, 0.15) is 5.67 Å². The fraction of sp³-hybridized carbons (Fsp3) is 0.600. The van der Waals surface area contributed by atoms with Crippen molar-refractivity contribution in [2.24, 2.45) is 0 Å². The SMILES string of the molecule is CC(C)(F)c1cc2c(cc1C1(O)CC1)OCCCO2. The second-order valence-electron chi connectivity index (χ2n) is 5.90. The van der Waals surface area contributed by atoms with Crippen LogP contribution in [0.5, 0.6) is 11.5 Å². The summed E-state index contributed by atoms with van der Waals surface area (Å²) >= 11 is 0. The summed E-state index contributed by atoms with van der Waals surface area (Å²) in [6, 6.07) is 3.44. The molecular formula is C15H19FO3. The smallest absolute Gasteiger partial charge is 0.161 e. The van der Waals surface area contributed by atoms with E-state index in [0.29, 0.717) is 48.7 Å². The quantitative estimate of drug-likeness (QED) is 0.894. The van der Waals surface area contributed by atoms with Crippen LogP contribution in [0, 0.1) is 0 Å². The molecule has 1 aliphatic heterocycles. The van der Waals surface area contributed by atoms with Crippen molar-refractivity contribution in [1.29, 1.82) is 0 Å². The molecule has 1 aromatic carbocycles. The summed E-state index contributed by atoms with van der Waals surface area (Å²) in [5.74, 6) is 1.19. The molecule has 0 unspecified atom stereocenters. The van der Waals surface area contributed by atoms with Crippen molar-refractivity contribution in [2.75, 3.05) is 13.2 Å². The zero-order valence-electron chi connectivity index (χ0n) is 11.3. The second-order valence-corrected chi connectivity index (χ2v) is 5.90. The summed E-state index contributed by atoms with van der Waals surface area (Å²) in [7, 11) is 0. The summed E-state index contributed by atoms with van der Waals surface area (Å²) in [5.41, 5.74) is -1.26. The molecule has 1 fully saturated rings. The maximum atomic E-state index is 14.4. The number of aliphatic hydroxyl groups is 1. The first-order chi connectivity index (χ1) is 8.90. The normalized spacial score (nSPS) is 20.8. The Kier molecular flexibility index (Phi) is 2.75. The van der Waals surface area contributed by atoms with Crippen LogP contribution >= 0.6 is 0 Å². The van der Waals surface area contributed by atoms with Crippen LogP contribution in [0.2, 0.25) is 0 Å². The average Bonchev–Trinajstić information content (AvgIpc) is 3.10. The Morgan fingerprint density at radius 2 is 1.74 bits per heavy atom. The molecule has 4 heteroatoms. The maximum Gasteiger partial charge on any atom is 0.161 e. The summed E-state index contributed by atoms with van der Waals surface area (Å²) < 4.78 is 25.6. The van der Waals surface area contributed by atoms with Gasteiger partial charge in [0.2, 0.25) is 0 Å². The fourth-order valence-electron chi connectivity index (χ4n) is 2.47. The van der Waals surface area contributed by atoms with Gasteiger partial charge in [-0.1, -0.05) is 0 Å². The number of ether oxygens (including phenoxy) is 2. The standard InChI is InChI=1S/C15H19FO3/c1-14(2,16)10-8-12-13(19-7-3-6-18-12)9-11(10)15(17)4-5-15/h8-9,17H,3-7H2,1-2H3. The average molecular weight is 266 g/mol. The van der Waals surface area contributed by atoms with Crippen molar-refractivity contribution >= 4 is 0 Å². The lowest BCUT2D eigenvalue weighted by Crippen LogP contribution is -2.18. The Balaban J connectivity index is 2.14. The molecule has 3 nitrogen and oxygen atoms in total. The van der Waals surface area contributed by atoms with Crippen molar-refractivity contribution in [3.8, 4) is 11.5 Å². The van der Waals surface area contributed by atoms with E-state index in [1.165, 1.54) is 13.8 Å². The summed E-state index contributed by atoms with van der Waals surface area (Å²) in [6.45, 7) is 4.16. The summed E-state index contributed by atoms with van der Waals surface area (Å²) in [4.78, 5) is 0. The van der Waals surface area contributed by atoms with E-state index in [9.17, 15) is 9.50 Å².